The van der Waals surface area contributed by atoms with E-state index in [2.05, 4.69) is 31.0 Å². The maximum absolute atomic E-state index is 5.28. The van der Waals surface area contributed by atoms with Gasteiger partial charge in [-0.1, -0.05) is 20.8 Å². The van der Waals surface area contributed by atoms with E-state index in [-0.39, 0.29) is 0 Å². The molecule has 1 aliphatic heterocycles. The van der Waals surface area contributed by atoms with Crippen LogP contribution in [0, 0.1) is 5.41 Å². The molecule has 1 heterocycles. The zero-order valence-corrected chi connectivity index (χ0v) is 12.1. The highest BCUT2D eigenvalue weighted by Gasteiger charge is 2.35. The van der Waals surface area contributed by atoms with Gasteiger partial charge in [0.15, 0.2) is 0 Å². The summed E-state index contributed by atoms with van der Waals surface area (Å²) in [6.45, 7) is 12.3. The standard InChI is InChI=1S/C14H30N2O/c1-5-14(6-2)8-9-16(12-14)10-13(11-17-4)15-7-3/h13,15H,5-12H2,1-4H3. The molecule has 0 aromatic heterocycles. The molecule has 0 bridgehead atoms. The lowest BCUT2D eigenvalue weighted by Gasteiger charge is -2.28. The second-order valence-electron chi connectivity index (χ2n) is 5.40. The second kappa shape index (κ2) is 7.34. The van der Waals surface area contributed by atoms with Gasteiger partial charge in [0.1, 0.15) is 0 Å². The molecule has 1 aliphatic rings. The number of likely N-dealkylation sites (tertiary alicyclic amines) is 1. The van der Waals surface area contributed by atoms with E-state index in [1.165, 1.54) is 32.4 Å². The van der Waals surface area contributed by atoms with Crippen LogP contribution in [0.5, 0.6) is 0 Å². The minimum Gasteiger partial charge on any atom is -0.383 e. The molecule has 0 amide bonds. The molecule has 0 saturated carbocycles. The Hall–Kier alpha value is -0.120. The summed E-state index contributed by atoms with van der Waals surface area (Å²) in [5.41, 5.74) is 0.587. The molecule has 0 radical (unpaired) electrons. The van der Waals surface area contributed by atoms with E-state index in [1.807, 2.05) is 0 Å². The molecule has 1 saturated heterocycles. The predicted molar refractivity (Wildman–Crippen MR) is 73.4 cm³/mol. The highest BCUT2D eigenvalue weighted by molar-refractivity contribution is 4.89. The van der Waals surface area contributed by atoms with Gasteiger partial charge in [0.2, 0.25) is 0 Å². The number of nitrogens with zero attached hydrogens (tertiary/aromatic N) is 1. The van der Waals surface area contributed by atoms with Gasteiger partial charge in [-0.15, -0.1) is 0 Å². The van der Waals surface area contributed by atoms with Crippen LogP contribution in [0.3, 0.4) is 0 Å². The largest absolute Gasteiger partial charge is 0.383 e. The Morgan fingerprint density at radius 2 is 2.00 bits per heavy atom. The quantitative estimate of drug-likeness (QED) is 0.705. The topological polar surface area (TPSA) is 24.5 Å². The molecule has 3 nitrogen and oxygen atoms in total. The summed E-state index contributed by atoms with van der Waals surface area (Å²) < 4.78 is 5.28. The van der Waals surface area contributed by atoms with Crippen molar-refractivity contribution < 1.29 is 4.74 Å². The fourth-order valence-corrected chi connectivity index (χ4v) is 2.99. The lowest BCUT2D eigenvalue weighted by atomic mass is 9.82. The minimum atomic E-state index is 0.481. The molecule has 1 N–H and O–H groups in total. The number of hydrogen-bond acceptors (Lipinski definition) is 3. The van der Waals surface area contributed by atoms with Crippen LogP contribution in [-0.2, 0) is 4.74 Å². The van der Waals surface area contributed by atoms with Gasteiger partial charge in [0.05, 0.1) is 6.61 Å². The summed E-state index contributed by atoms with van der Waals surface area (Å²) in [7, 11) is 1.79. The molecule has 1 unspecified atom stereocenters. The lowest BCUT2D eigenvalue weighted by Crippen LogP contribution is -2.43. The van der Waals surface area contributed by atoms with Gasteiger partial charge >= 0.3 is 0 Å². The maximum atomic E-state index is 5.28. The second-order valence-corrected chi connectivity index (χ2v) is 5.40. The van der Waals surface area contributed by atoms with Crippen molar-refractivity contribution in [3.8, 4) is 0 Å². The van der Waals surface area contributed by atoms with Gasteiger partial charge in [-0.3, -0.25) is 0 Å². The van der Waals surface area contributed by atoms with Crippen LogP contribution in [0.2, 0.25) is 0 Å². The SMILES string of the molecule is CCNC(COC)CN1CCC(CC)(CC)C1. The highest BCUT2D eigenvalue weighted by Crippen LogP contribution is 2.36. The van der Waals surface area contributed by atoms with Crippen molar-refractivity contribution >= 4 is 0 Å². The molecular formula is C14H30N2O. The van der Waals surface area contributed by atoms with Crippen LogP contribution < -0.4 is 5.32 Å². The van der Waals surface area contributed by atoms with Gasteiger partial charge < -0.3 is 15.0 Å². The highest BCUT2D eigenvalue weighted by atomic mass is 16.5. The number of methoxy groups -OCH3 is 1. The number of ether oxygens (including phenoxy) is 1. The number of hydrogen-bond donors (Lipinski definition) is 1. The summed E-state index contributed by atoms with van der Waals surface area (Å²) in [6.07, 6.45) is 4.00. The van der Waals surface area contributed by atoms with Gasteiger partial charge in [0.25, 0.3) is 0 Å². The van der Waals surface area contributed by atoms with Crippen molar-refractivity contribution in [1.82, 2.24) is 10.2 Å². The van der Waals surface area contributed by atoms with Crippen LogP contribution in [0.15, 0.2) is 0 Å². The van der Waals surface area contributed by atoms with E-state index >= 15 is 0 Å². The number of likely N-dealkylation sites (N-methyl/N-ethyl adjacent to an activating group) is 1. The monoisotopic (exact) mass is 242 g/mol. The molecule has 0 spiro atoms. The minimum absolute atomic E-state index is 0.481. The first-order valence-corrected chi connectivity index (χ1v) is 7.14. The van der Waals surface area contributed by atoms with Crippen molar-refractivity contribution in [1.29, 1.82) is 0 Å². The molecule has 1 fully saturated rings. The molecular weight excluding hydrogens is 212 g/mol. The van der Waals surface area contributed by atoms with Crippen molar-refractivity contribution in [3.63, 3.8) is 0 Å². The Labute approximate surface area is 107 Å². The van der Waals surface area contributed by atoms with E-state index in [0.29, 0.717) is 11.5 Å². The van der Waals surface area contributed by atoms with Crippen molar-refractivity contribution in [2.45, 2.75) is 46.1 Å². The van der Waals surface area contributed by atoms with Crippen LogP contribution in [0.4, 0.5) is 0 Å². The van der Waals surface area contributed by atoms with Crippen LogP contribution in [0.25, 0.3) is 0 Å². The number of nitrogens with one attached hydrogen (secondary N) is 1. The molecule has 0 aromatic carbocycles. The summed E-state index contributed by atoms with van der Waals surface area (Å²) in [5, 5.41) is 3.51. The van der Waals surface area contributed by atoms with Crippen molar-refractivity contribution in [3.05, 3.63) is 0 Å². The van der Waals surface area contributed by atoms with E-state index in [4.69, 9.17) is 4.74 Å². The van der Waals surface area contributed by atoms with Crippen LogP contribution in [-0.4, -0.2) is 50.8 Å². The maximum Gasteiger partial charge on any atom is 0.0628 e. The average molecular weight is 242 g/mol. The molecule has 1 atom stereocenters. The fourth-order valence-electron chi connectivity index (χ4n) is 2.99. The molecule has 3 heteroatoms. The first kappa shape index (κ1) is 14.9. The van der Waals surface area contributed by atoms with E-state index in [0.717, 1.165) is 19.7 Å². The first-order valence-electron chi connectivity index (χ1n) is 7.14. The summed E-state index contributed by atoms with van der Waals surface area (Å²) >= 11 is 0. The molecule has 0 aliphatic carbocycles. The Balaban J connectivity index is 2.41. The third kappa shape index (κ3) is 4.23. The molecule has 0 aromatic rings. The van der Waals surface area contributed by atoms with Gasteiger partial charge in [-0.05, 0) is 37.8 Å². The van der Waals surface area contributed by atoms with Crippen molar-refractivity contribution in [2.24, 2.45) is 5.41 Å². The average Bonchev–Trinajstić information content (AvgIpc) is 2.74. The zero-order chi connectivity index (χ0) is 12.7. The Bertz CT molecular complexity index is 198. The molecule has 1 rings (SSSR count). The fraction of sp³-hybridized carbons (Fsp3) is 1.00. The van der Waals surface area contributed by atoms with E-state index < -0.39 is 0 Å². The molecule has 102 valence electrons. The van der Waals surface area contributed by atoms with Crippen molar-refractivity contribution in [2.75, 3.05) is 39.9 Å². The Morgan fingerprint density at radius 3 is 2.47 bits per heavy atom. The van der Waals surface area contributed by atoms with Crippen LogP contribution >= 0.6 is 0 Å². The molecule has 17 heavy (non-hydrogen) atoms. The Morgan fingerprint density at radius 1 is 1.29 bits per heavy atom. The smallest absolute Gasteiger partial charge is 0.0628 e. The van der Waals surface area contributed by atoms with Crippen LogP contribution in [0.1, 0.15) is 40.0 Å². The van der Waals surface area contributed by atoms with Gasteiger partial charge in [-0.2, -0.15) is 0 Å². The summed E-state index contributed by atoms with van der Waals surface area (Å²) in [5.74, 6) is 0. The lowest BCUT2D eigenvalue weighted by molar-refractivity contribution is 0.140. The predicted octanol–water partition coefficient (Wildman–Crippen LogP) is 2.12. The number of rotatable bonds is 8. The third-order valence-corrected chi connectivity index (χ3v) is 4.36. The van der Waals surface area contributed by atoms with Gasteiger partial charge in [0, 0.05) is 26.2 Å². The summed E-state index contributed by atoms with van der Waals surface area (Å²) in [4.78, 5) is 2.61. The normalized spacial score (nSPS) is 21.9. The zero-order valence-electron chi connectivity index (χ0n) is 12.1. The third-order valence-electron chi connectivity index (χ3n) is 4.36. The van der Waals surface area contributed by atoms with Gasteiger partial charge in [-0.25, -0.2) is 0 Å². The van der Waals surface area contributed by atoms with E-state index in [9.17, 15) is 0 Å². The first-order chi connectivity index (χ1) is 8.19. The van der Waals surface area contributed by atoms with E-state index in [1.54, 1.807) is 7.11 Å². The Kier molecular flexibility index (Phi) is 6.45. The summed E-state index contributed by atoms with van der Waals surface area (Å²) in [6, 6.07) is 0.481.